The third kappa shape index (κ3) is 3.91. The van der Waals surface area contributed by atoms with Crippen molar-refractivity contribution >= 4 is 11.9 Å². The molecule has 1 aromatic heterocycles. The lowest BCUT2D eigenvalue weighted by atomic mass is 10.2. The van der Waals surface area contributed by atoms with Gasteiger partial charge in [0.1, 0.15) is 5.56 Å². The van der Waals surface area contributed by atoms with Crippen molar-refractivity contribution in [1.29, 1.82) is 0 Å². The van der Waals surface area contributed by atoms with Crippen LogP contribution in [-0.2, 0) is 16.1 Å². The van der Waals surface area contributed by atoms with Crippen LogP contribution in [-0.4, -0.2) is 47.3 Å². The van der Waals surface area contributed by atoms with Gasteiger partial charge in [-0.2, -0.15) is 5.10 Å². The smallest absolute Gasteiger partial charge is 0.343 e. The average molecular weight is 281 g/mol. The number of carbonyl (C=O) groups is 2. The fourth-order valence-corrected chi connectivity index (χ4v) is 1.61. The van der Waals surface area contributed by atoms with E-state index in [0.29, 0.717) is 5.69 Å². The Morgan fingerprint density at radius 2 is 2.05 bits per heavy atom. The van der Waals surface area contributed by atoms with Crippen molar-refractivity contribution in [1.82, 2.24) is 14.7 Å². The zero-order chi connectivity index (χ0) is 15.3. The van der Waals surface area contributed by atoms with E-state index in [9.17, 15) is 14.4 Å². The van der Waals surface area contributed by atoms with Crippen molar-refractivity contribution in [3.05, 3.63) is 27.7 Å². The Morgan fingerprint density at radius 1 is 1.40 bits per heavy atom. The Morgan fingerprint density at radius 3 is 2.60 bits per heavy atom. The summed E-state index contributed by atoms with van der Waals surface area (Å²) in [4.78, 5) is 36.7. The van der Waals surface area contributed by atoms with Crippen LogP contribution in [0, 0.1) is 6.92 Å². The van der Waals surface area contributed by atoms with E-state index < -0.39 is 11.5 Å². The molecule has 0 aromatic carbocycles. The quantitative estimate of drug-likeness (QED) is 0.720. The van der Waals surface area contributed by atoms with Gasteiger partial charge in [-0.1, -0.05) is 0 Å². The molecule has 0 aliphatic rings. The highest BCUT2D eigenvalue weighted by Crippen LogP contribution is 2.00. The van der Waals surface area contributed by atoms with Crippen LogP contribution in [0.3, 0.4) is 0 Å². The molecule has 20 heavy (non-hydrogen) atoms. The van der Waals surface area contributed by atoms with E-state index in [1.165, 1.54) is 11.0 Å². The summed E-state index contributed by atoms with van der Waals surface area (Å²) in [5, 5.41) is 4.03. The summed E-state index contributed by atoms with van der Waals surface area (Å²) in [5.74, 6) is -0.784. The Bertz CT molecular complexity index is 563. The molecule has 1 amide bonds. The molecule has 0 fully saturated rings. The van der Waals surface area contributed by atoms with Gasteiger partial charge in [-0.15, -0.1) is 0 Å². The Balaban J connectivity index is 3.01. The number of hydrogen-bond acceptors (Lipinski definition) is 5. The molecule has 0 saturated carbocycles. The van der Waals surface area contributed by atoms with Crippen LogP contribution in [0.4, 0.5) is 0 Å². The molecule has 1 aromatic rings. The molecule has 0 N–H and O–H groups in total. The summed E-state index contributed by atoms with van der Waals surface area (Å²) in [6, 6.07) is 1.39. The van der Waals surface area contributed by atoms with Crippen molar-refractivity contribution in [3.63, 3.8) is 0 Å². The van der Waals surface area contributed by atoms with Crippen LogP contribution in [0.1, 0.15) is 29.4 Å². The highest BCUT2D eigenvalue weighted by molar-refractivity contribution is 5.89. The van der Waals surface area contributed by atoms with Crippen molar-refractivity contribution < 1.29 is 14.3 Å². The summed E-state index contributed by atoms with van der Waals surface area (Å²) in [7, 11) is 3.28. The number of carbonyl (C=O) groups excluding carboxylic acids is 2. The molecular weight excluding hydrogens is 262 g/mol. The average Bonchev–Trinajstić information content (AvgIpc) is 2.38. The molecule has 0 atom stereocenters. The van der Waals surface area contributed by atoms with Crippen molar-refractivity contribution in [2.45, 2.75) is 26.8 Å². The normalized spacial score (nSPS) is 10.2. The second-order valence-corrected chi connectivity index (χ2v) is 4.49. The molecule has 0 unspecified atom stereocenters. The van der Waals surface area contributed by atoms with Crippen molar-refractivity contribution in [2.24, 2.45) is 0 Å². The molecule has 7 nitrogen and oxygen atoms in total. The minimum absolute atomic E-state index is 0.0587. The molecule has 0 aliphatic carbocycles. The van der Waals surface area contributed by atoms with E-state index in [4.69, 9.17) is 4.74 Å². The van der Waals surface area contributed by atoms with Gasteiger partial charge in [-0.25, -0.2) is 9.48 Å². The van der Waals surface area contributed by atoms with Crippen molar-refractivity contribution in [2.75, 3.05) is 20.7 Å². The number of aromatic nitrogens is 2. The number of aryl methyl sites for hydroxylation is 2. The minimum Gasteiger partial charge on any atom is -0.462 e. The third-order valence-electron chi connectivity index (χ3n) is 2.63. The molecule has 0 saturated heterocycles. The maximum Gasteiger partial charge on any atom is 0.343 e. The first-order valence-corrected chi connectivity index (χ1v) is 6.32. The fourth-order valence-electron chi connectivity index (χ4n) is 1.61. The molecule has 1 heterocycles. The Kier molecular flexibility index (Phi) is 5.42. The lowest BCUT2D eigenvalue weighted by Crippen LogP contribution is -2.32. The lowest BCUT2D eigenvalue weighted by Gasteiger charge is -2.11. The van der Waals surface area contributed by atoms with Crippen LogP contribution < -0.4 is 5.56 Å². The van der Waals surface area contributed by atoms with Gasteiger partial charge < -0.3 is 9.64 Å². The zero-order valence-corrected chi connectivity index (χ0v) is 12.2. The van der Waals surface area contributed by atoms with E-state index in [1.807, 2.05) is 0 Å². The summed E-state index contributed by atoms with van der Waals surface area (Å²) in [6.45, 7) is 3.66. The Hall–Kier alpha value is -2.18. The number of amides is 1. The number of rotatable bonds is 5. The summed E-state index contributed by atoms with van der Waals surface area (Å²) >= 11 is 0. The zero-order valence-electron chi connectivity index (χ0n) is 12.2. The number of ether oxygens (including phenoxy) is 1. The van der Waals surface area contributed by atoms with Gasteiger partial charge in [-0.05, 0) is 19.9 Å². The SMILES string of the molecule is CCOC(=O)c1cc(C)nn(CCC(=O)N(C)C)c1=O. The molecule has 0 spiro atoms. The van der Waals surface area contributed by atoms with Crippen LogP contribution in [0.25, 0.3) is 0 Å². The van der Waals surface area contributed by atoms with E-state index in [2.05, 4.69) is 5.10 Å². The first kappa shape index (κ1) is 15.9. The van der Waals surface area contributed by atoms with Gasteiger partial charge in [0.2, 0.25) is 5.91 Å². The second kappa shape index (κ2) is 6.83. The predicted molar refractivity (Wildman–Crippen MR) is 72.5 cm³/mol. The lowest BCUT2D eigenvalue weighted by molar-refractivity contribution is -0.128. The molecule has 110 valence electrons. The van der Waals surface area contributed by atoms with Gasteiger partial charge in [0.25, 0.3) is 5.56 Å². The summed E-state index contributed by atoms with van der Waals surface area (Å²) < 4.78 is 5.96. The van der Waals surface area contributed by atoms with Gasteiger partial charge in [0.15, 0.2) is 0 Å². The maximum atomic E-state index is 12.1. The van der Waals surface area contributed by atoms with E-state index in [0.717, 1.165) is 4.68 Å². The highest BCUT2D eigenvalue weighted by Gasteiger charge is 2.16. The van der Waals surface area contributed by atoms with Gasteiger partial charge in [0, 0.05) is 20.5 Å². The molecule has 0 aliphatic heterocycles. The molecular formula is C13H19N3O4. The minimum atomic E-state index is -0.671. The standard InChI is InChI=1S/C13H19N3O4/c1-5-20-13(19)10-8-9(2)14-16(12(10)18)7-6-11(17)15(3)4/h8H,5-7H2,1-4H3. The molecule has 1 rings (SSSR count). The third-order valence-corrected chi connectivity index (χ3v) is 2.63. The number of hydrogen-bond donors (Lipinski definition) is 0. The topological polar surface area (TPSA) is 81.5 Å². The highest BCUT2D eigenvalue weighted by atomic mass is 16.5. The van der Waals surface area contributed by atoms with E-state index >= 15 is 0 Å². The first-order chi connectivity index (χ1) is 9.36. The van der Waals surface area contributed by atoms with Crippen LogP contribution in [0.5, 0.6) is 0 Å². The molecule has 7 heteroatoms. The Labute approximate surface area is 117 Å². The fraction of sp³-hybridized carbons (Fsp3) is 0.538. The van der Waals surface area contributed by atoms with Gasteiger partial charge >= 0.3 is 5.97 Å². The van der Waals surface area contributed by atoms with Crippen molar-refractivity contribution in [3.8, 4) is 0 Å². The van der Waals surface area contributed by atoms with Crippen LogP contribution in [0.2, 0.25) is 0 Å². The largest absolute Gasteiger partial charge is 0.462 e. The number of nitrogens with zero attached hydrogens (tertiary/aromatic N) is 3. The summed E-state index contributed by atoms with van der Waals surface area (Å²) in [6.07, 6.45) is 0.144. The first-order valence-electron chi connectivity index (χ1n) is 6.32. The van der Waals surface area contributed by atoms with Crippen LogP contribution in [0.15, 0.2) is 10.9 Å². The molecule has 0 bridgehead atoms. The van der Waals surface area contributed by atoms with Gasteiger partial charge in [0.05, 0.1) is 18.8 Å². The van der Waals surface area contributed by atoms with E-state index in [-0.39, 0.29) is 31.0 Å². The maximum absolute atomic E-state index is 12.1. The monoisotopic (exact) mass is 281 g/mol. The second-order valence-electron chi connectivity index (χ2n) is 4.49. The van der Waals surface area contributed by atoms with E-state index in [1.54, 1.807) is 27.9 Å². The van der Waals surface area contributed by atoms with Crippen LogP contribution >= 0.6 is 0 Å². The number of esters is 1. The predicted octanol–water partition coefficient (Wildman–Crippen LogP) is 0.207. The molecule has 0 radical (unpaired) electrons. The summed E-state index contributed by atoms with van der Waals surface area (Å²) in [5.41, 5.74) is -0.0813. The van der Waals surface area contributed by atoms with Gasteiger partial charge in [-0.3, -0.25) is 9.59 Å².